The zero-order valence-corrected chi connectivity index (χ0v) is 18.1. The molecule has 0 saturated carbocycles. The fourth-order valence-electron chi connectivity index (χ4n) is 3.69. The van der Waals surface area contributed by atoms with Crippen LogP contribution in [-0.2, 0) is 6.54 Å². The van der Waals surface area contributed by atoms with E-state index in [1.165, 1.54) is 0 Å². The standard InChI is InChI=1S/C24H26N4O3/c1-15-23(16(2)28(27-15)14-17-9-11-18(30-3)12-10-17)26-24(29)20-13-22(31-4)25-21-8-6-5-7-19(20)21/h5-13,24,26,29H,14H2,1-4H3. The van der Waals surface area contributed by atoms with Crippen LogP contribution >= 0.6 is 0 Å². The highest BCUT2D eigenvalue weighted by Crippen LogP contribution is 2.30. The lowest BCUT2D eigenvalue weighted by Gasteiger charge is -2.18. The number of pyridine rings is 1. The van der Waals surface area contributed by atoms with Gasteiger partial charge in [-0.2, -0.15) is 5.10 Å². The SMILES string of the molecule is COc1ccc(Cn2nc(C)c(NC(O)c3cc(OC)nc4ccccc34)c2C)cc1. The van der Waals surface area contributed by atoms with Gasteiger partial charge in [-0.1, -0.05) is 30.3 Å². The molecule has 7 nitrogen and oxygen atoms in total. The molecule has 2 aromatic heterocycles. The summed E-state index contributed by atoms with van der Waals surface area (Å²) >= 11 is 0. The van der Waals surface area contributed by atoms with Crippen LogP contribution in [0.5, 0.6) is 11.6 Å². The van der Waals surface area contributed by atoms with E-state index in [0.29, 0.717) is 18.0 Å². The summed E-state index contributed by atoms with van der Waals surface area (Å²) in [6.07, 6.45) is -0.946. The first-order valence-corrected chi connectivity index (χ1v) is 10.1. The van der Waals surface area contributed by atoms with E-state index in [-0.39, 0.29) is 0 Å². The van der Waals surface area contributed by atoms with Gasteiger partial charge in [0.2, 0.25) is 5.88 Å². The van der Waals surface area contributed by atoms with Crippen LogP contribution in [0.3, 0.4) is 0 Å². The van der Waals surface area contributed by atoms with Crippen LogP contribution in [0.15, 0.2) is 54.6 Å². The number of aryl methyl sites for hydroxylation is 1. The van der Waals surface area contributed by atoms with Gasteiger partial charge in [-0.15, -0.1) is 0 Å². The Morgan fingerprint density at radius 3 is 2.48 bits per heavy atom. The van der Waals surface area contributed by atoms with E-state index < -0.39 is 6.23 Å². The lowest BCUT2D eigenvalue weighted by molar-refractivity contribution is 0.209. The highest BCUT2D eigenvalue weighted by molar-refractivity contribution is 5.83. The summed E-state index contributed by atoms with van der Waals surface area (Å²) in [6, 6.07) is 17.3. The van der Waals surface area contributed by atoms with Crippen LogP contribution in [0, 0.1) is 13.8 Å². The normalized spacial score (nSPS) is 12.0. The van der Waals surface area contributed by atoms with Crippen LogP contribution in [0.1, 0.15) is 28.7 Å². The Morgan fingerprint density at radius 2 is 1.77 bits per heavy atom. The van der Waals surface area contributed by atoms with Crippen molar-refractivity contribution in [2.75, 3.05) is 19.5 Å². The van der Waals surface area contributed by atoms with Crippen LogP contribution in [0.4, 0.5) is 5.69 Å². The molecule has 0 aliphatic carbocycles. The molecule has 4 rings (SSSR count). The molecule has 4 aromatic rings. The first-order valence-electron chi connectivity index (χ1n) is 10.1. The summed E-state index contributed by atoms with van der Waals surface area (Å²) in [5.41, 5.74) is 5.14. The third-order valence-electron chi connectivity index (χ3n) is 5.38. The molecular formula is C24H26N4O3. The second-order valence-corrected chi connectivity index (χ2v) is 7.37. The highest BCUT2D eigenvalue weighted by atomic mass is 16.5. The first kappa shape index (κ1) is 20.7. The second-order valence-electron chi connectivity index (χ2n) is 7.37. The summed E-state index contributed by atoms with van der Waals surface area (Å²) in [4.78, 5) is 4.46. The van der Waals surface area contributed by atoms with Gasteiger partial charge in [0.15, 0.2) is 6.23 Å². The van der Waals surface area contributed by atoms with Gasteiger partial charge >= 0.3 is 0 Å². The van der Waals surface area contributed by atoms with Crippen LogP contribution in [0.2, 0.25) is 0 Å². The van der Waals surface area contributed by atoms with Gasteiger partial charge in [-0.3, -0.25) is 4.68 Å². The summed E-state index contributed by atoms with van der Waals surface area (Å²) in [5.74, 6) is 1.28. The van der Waals surface area contributed by atoms with Crippen molar-refractivity contribution in [3.63, 3.8) is 0 Å². The number of aliphatic hydroxyl groups excluding tert-OH is 1. The van der Waals surface area contributed by atoms with Crippen molar-refractivity contribution in [1.29, 1.82) is 0 Å². The highest BCUT2D eigenvalue weighted by Gasteiger charge is 2.19. The molecular weight excluding hydrogens is 392 g/mol. The van der Waals surface area contributed by atoms with Gasteiger partial charge in [-0.05, 0) is 37.6 Å². The minimum atomic E-state index is -0.946. The van der Waals surface area contributed by atoms with Gasteiger partial charge in [0.25, 0.3) is 0 Å². The molecule has 2 heterocycles. The molecule has 7 heteroatoms. The lowest BCUT2D eigenvalue weighted by Crippen LogP contribution is -2.12. The maximum absolute atomic E-state index is 11.1. The van der Waals surface area contributed by atoms with E-state index in [0.717, 1.165) is 39.3 Å². The van der Waals surface area contributed by atoms with Gasteiger partial charge in [0.05, 0.1) is 43.4 Å². The molecule has 0 fully saturated rings. The van der Waals surface area contributed by atoms with Gasteiger partial charge in [0, 0.05) is 17.0 Å². The number of ether oxygens (including phenoxy) is 2. The fourth-order valence-corrected chi connectivity index (χ4v) is 3.69. The number of anilines is 1. The van der Waals surface area contributed by atoms with E-state index in [4.69, 9.17) is 9.47 Å². The Labute approximate surface area is 181 Å². The Kier molecular flexibility index (Phi) is 5.77. The largest absolute Gasteiger partial charge is 0.497 e. The minimum absolute atomic E-state index is 0.457. The quantitative estimate of drug-likeness (QED) is 0.438. The van der Waals surface area contributed by atoms with Gasteiger partial charge in [-0.25, -0.2) is 4.98 Å². The summed E-state index contributed by atoms with van der Waals surface area (Å²) < 4.78 is 12.5. The fraction of sp³-hybridized carbons (Fsp3) is 0.250. The number of aromatic nitrogens is 3. The van der Waals surface area contributed by atoms with E-state index in [2.05, 4.69) is 15.4 Å². The second kappa shape index (κ2) is 8.65. The van der Waals surface area contributed by atoms with Gasteiger partial charge in [0.1, 0.15) is 5.75 Å². The van der Waals surface area contributed by atoms with Gasteiger partial charge < -0.3 is 19.9 Å². The molecule has 31 heavy (non-hydrogen) atoms. The number of benzene rings is 2. The van der Waals surface area contributed by atoms with Crippen molar-refractivity contribution in [1.82, 2.24) is 14.8 Å². The lowest BCUT2D eigenvalue weighted by atomic mass is 10.1. The molecule has 2 aromatic carbocycles. The van der Waals surface area contributed by atoms with E-state index >= 15 is 0 Å². The molecule has 0 aliphatic heterocycles. The maximum atomic E-state index is 11.1. The third kappa shape index (κ3) is 4.18. The van der Waals surface area contributed by atoms with Crippen molar-refractivity contribution < 1.29 is 14.6 Å². The summed E-state index contributed by atoms with van der Waals surface area (Å²) in [6.45, 7) is 4.54. The zero-order chi connectivity index (χ0) is 22.0. The van der Waals surface area contributed by atoms with Crippen molar-refractivity contribution in [2.45, 2.75) is 26.6 Å². The van der Waals surface area contributed by atoms with E-state index in [1.54, 1.807) is 20.3 Å². The minimum Gasteiger partial charge on any atom is -0.497 e. The number of aliphatic hydroxyl groups is 1. The Hall–Kier alpha value is -3.58. The summed E-state index contributed by atoms with van der Waals surface area (Å²) in [5, 5.41) is 19.8. The van der Waals surface area contributed by atoms with Crippen molar-refractivity contribution >= 4 is 16.6 Å². The monoisotopic (exact) mass is 418 g/mol. The zero-order valence-electron chi connectivity index (χ0n) is 18.1. The number of para-hydroxylation sites is 1. The molecule has 0 radical (unpaired) electrons. The van der Waals surface area contributed by atoms with Crippen molar-refractivity contribution in [3.8, 4) is 11.6 Å². The predicted molar refractivity (Wildman–Crippen MR) is 121 cm³/mol. The molecule has 160 valence electrons. The van der Waals surface area contributed by atoms with Crippen molar-refractivity contribution in [3.05, 3.63) is 77.1 Å². The Bertz CT molecular complexity index is 1200. The van der Waals surface area contributed by atoms with E-state index in [1.807, 2.05) is 67.1 Å². The predicted octanol–water partition coefficient (Wildman–Crippen LogP) is 4.22. The number of fused-ring (bicyclic) bond motifs is 1. The number of nitrogens with one attached hydrogen (secondary N) is 1. The molecule has 0 aliphatic rings. The molecule has 2 N–H and O–H groups in total. The van der Waals surface area contributed by atoms with Crippen LogP contribution < -0.4 is 14.8 Å². The molecule has 0 saturated heterocycles. The van der Waals surface area contributed by atoms with Crippen LogP contribution in [-0.4, -0.2) is 34.1 Å². The maximum Gasteiger partial charge on any atom is 0.213 e. The summed E-state index contributed by atoms with van der Waals surface area (Å²) in [7, 11) is 3.22. The molecule has 0 spiro atoms. The number of hydrogen-bond acceptors (Lipinski definition) is 6. The Balaban J connectivity index is 1.62. The average Bonchev–Trinajstić information content (AvgIpc) is 3.06. The van der Waals surface area contributed by atoms with Crippen LogP contribution in [0.25, 0.3) is 10.9 Å². The topological polar surface area (TPSA) is 81.4 Å². The number of rotatable bonds is 7. The molecule has 0 bridgehead atoms. The number of nitrogens with zero attached hydrogens (tertiary/aromatic N) is 3. The first-order chi connectivity index (χ1) is 15.0. The number of methoxy groups -OCH3 is 2. The average molecular weight is 418 g/mol. The van der Waals surface area contributed by atoms with Crippen molar-refractivity contribution in [2.24, 2.45) is 0 Å². The molecule has 1 atom stereocenters. The smallest absolute Gasteiger partial charge is 0.213 e. The molecule has 1 unspecified atom stereocenters. The Morgan fingerprint density at radius 1 is 1.03 bits per heavy atom. The third-order valence-corrected chi connectivity index (χ3v) is 5.38. The molecule has 0 amide bonds. The number of hydrogen-bond donors (Lipinski definition) is 2. The van der Waals surface area contributed by atoms with E-state index in [9.17, 15) is 5.11 Å².